The van der Waals surface area contributed by atoms with E-state index in [9.17, 15) is 0 Å². The van der Waals surface area contributed by atoms with Gasteiger partial charge in [-0.05, 0) is 48.9 Å². The molecule has 1 saturated carbocycles. The summed E-state index contributed by atoms with van der Waals surface area (Å²) >= 11 is 6.04. The zero-order valence-corrected chi connectivity index (χ0v) is 10.6. The van der Waals surface area contributed by atoms with Gasteiger partial charge >= 0.3 is 0 Å². The first-order valence-electron chi connectivity index (χ1n) is 6.02. The van der Waals surface area contributed by atoms with Crippen molar-refractivity contribution in [1.29, 1.82) is 0 Å². The van der Waals surface area contributed by atoms with Crippen molar-refractivity contribution >= 4 is 11.6 Å². The molecule has 0 aliphatic heterocycles. The van der Waals surface area contributed by atoms with Crippen LogP contribution in [0.25, 0.3) is 0 Å². The van der Waals surface area contributed by atoms with Crippen LogP contribution >= 0.6 is 11.6 Å². The standard InChI is InChI=1S/C13H18ClNO2/c14-12-6-11(4-5-17-15)7-13(8-12)16-9-10-2-1-3-10/h6-8,10H,1-5,9,15H2. The average molecular weight is 256 g/mol. The quantitative estimate of drug-likeness (QED) is 0.795. The Balaban J connectivity index is 1.92. The highest BCUT2D eigenvalue weighted by Crippen LogP contribution is 2.28. The Bertz CT molecular complexity index is 366. The van der Waals surface area contributed by atoms with Gasteiger partial charge in [0.05, 0.1) is 13.2 Å². The van der Waals surface area contributed by atoms with E-state index in [1.807, 2.05) is 18.2 Å². The smallest absolute Gasteiger partial charge is 0.121 e. The van der Waals surface area contributed by atoms with Gasteiger partial charge in [0.15, 0.2) is 0 Å². The molecule has 0 bridgehead atoms. The number of ether oxygens (including phenoxy) is 1. The van der Waals surface area contributed by atoms with E-state index in [4.69, 9.17) is 22.2 Å². The van der Waals surface area contributed by atoms with E-state index in [0.717, 1.165) is 30.3 Å². The third kappa shape index (κ3) is 3.87. The third-order valence-corrected chi connectivity index (χ3v) is 3.37. The number of halogens is 1. The largest absolute Gasteiger partial charge is 0.493 e. The molecule has 0 amide bonds. The molecule has 0 atom stereocenters. The van der Waals surface area contributed by atoms with Gasteiger partial charge in [0.25, 0.3) is 0 Å². The topological polar surface area (TPSA) is 44.5 Å². The summed E-state index contributed by atoms with van der Waals surface area (Å²) in [4.78, 5) is 4.57. The molecule has 1 aliphatic carbocycles. The summed E-state index contributed by atoms with van der Waals surface area (Å²) in [5, 5.41) is 0.697. The van der Waals surface area contributed by atoms with Gasteiger partial charge in [0, 0.05) is 5.02 Å². The van der Waals surface area contributed by atoms with Gasteiger partial charge in [-0.2, -0.15) is 0 Å². The van der Waals surface area contributed by atoms with Gasteiger partial charge < -0.3 is 9.57 Å². The Kier molecular flexibility index (Phi) is 4.66. The Labute approximate surface area is 107 Å². The van der Waals surface area contributed by atoms with Crippen LogP contribution in [0.15, 0.2) is 18.2 Å². The van der Waals surface area contributed by atoms with Crippen molar-refractivity contribution in [2.24, 2.45) is 11.8 Å². The lowest BCUT2D eigenvalue weighted by atomic mass is 9.86. The summed E-state index contributed by atoms with van der Waals surface area (Å²) in [6, 6.07) is 5.77. The summed E-state index contributed by atoms with van der Waals surface area (Å²) in [6.07, 6.45) is 4.66. The first-order valence-corrected chi connectivity index (χ1v) is 6.39. The maximum Gasteiger partial charge on any atom is 0.121 e. The van der Waals surface area contributed by atoms with E-state index in [0.29, 0.717) is 11.6 Å². The van der Waals surface area contributed by atoms with E-state index < -0.39 is 0 Å². The maximum atomic E-state index is 6.04. The van der Waals surface area contributed by atoms with Crippen LogP contribution in [0.5, 0.6) is 5.75 Å². The minimum absolute atomic E-state index is 0.488. The molecule has 17 heavy (non-hydrogen) atoms. The first kappa shape index (κ1) is 12.7. The molecular formula is C13H18ClNO2. The van der Waals surface area contributed by atoms with E-state index in [1.165, 1.54) is 19.3 Å². The van der Waals surface area contributed by atoms with Crippen LogP contribution in [0.3, 0.4) is 0 Å². The van der Waals surface area contributed by atoms with Crippen LogP contribution in [0.1, 0.15) is 24.8 Å². The molecule has 94 valence electrons. The van der Waals surface area contributed by atoms with Crippen LogP contribution < -0.4 is 10.6 Å². The fraction of sp³-hybridized carbons (Fsp3) is 0.538. The molecule has 1 aromatic rings. The average Bonchev–Trinajstić information content (AvgIpc) is 2.23. The maximum absolute atomic E-state index is 6.04. The molecule has 2 rings (SSSR count). The monoisotopic (exact) mass is 255 g/mol. The van der Waals surface area contributed by atoms with Crippen LogP contribution in [-0.2, 0) is 11.3 Å². The molecule has 0 radical (unpaired) electrons. The number of hydrogen-bond acceptors (Lipinski definition) is 3. The summed E-state index contributed by atoms with van der Waals surface area (Å²) in [7, 11) is 0. The molecule has 0 heterocycles. The second-order valence-electron chi connectivity index (χ2n) is 4.52. The minimum Gasteiger partial charge on any atom is -0.493 e. The SMILES string of the molecule is NOCCc1cc(Cl)cc(OCC2CCC2)c1. The van der Waals surface area contributed by atoms with E-state index in [-0.39, 0.29) is 0 Å². The lowest BCUT2D eigenvalue weighted by Crippen LogP contribution is -2.19. The number of rotatable bonds is 6. The van der Waals surface area contributed by atoms with Crippen molar-refractivity contribution in [3.05, 3.63) is 28.8 Å². The lowest BCUT2D eigenvalue weighted by Gasteiger charge is -2.25. The molecule has 0 unspecified atom stereocenters. The van der Waals surface area contributed by atoms with Crippen molar-refractivity contribution < 1.29 is 9.57 Å². The van der Waals surface area contributed by atoms with Gasteiger partial charge in [0.2, 0.25) is 0 Å². The number of hydrogen-bond donors (Lipinski definition) is 1. The summed E-state index contributed by atoms with van der Waals surface area (Å²) < 4.78 is 5.75. The van der Waals surface area contributed by atoms with Crippen LogP contribution in [0.2, 0.25) is 5.02 Å². The van der Waals surface area contributed by atoms with Gasteiger partial charge in [0.1, 0.15) is 5.75 Å². The summed E-state index contributed by atoms with van der Waals surface area (Å²) in [5.74, 6) is 6.58. The first-order chi connectivity index (χ1) is 8.28. The molecule has 0 aromatic heterocycles. The lowest BCUT2D eigenvalue weighted by molar-refractivity contribution is 0.141. The Morgan fingerprint density at radius 3 is 2.76 bits per heavy atom. The predicted octanol–water partition coefficient (Wildman–Crippen LogP) is 2.95. The Morgan fingerprint density at radius 2 is 2.12 bits per heavy atom. The van der Waals surface area contributed by atoms with E-state index >= 15 is 0 Å². The van der Waals surface area contributed by atoms with E-state index in [1.54, 1.807) is 0 Å². The van der Waals surface area contributed by atoms with Gasteiger partial charge in [-0.25, -0.2) is 5.90 Å². The molecular weight excluding hydrogens is 238 g/mol. The van der Waals surface area contributed by atoms with Crippen LogP contribution in [0, 0.1) is 5.92 Å². The normalized spacial score (nSPS) is 15.6. The van der Waals surface area contributed by atoms with Crippen molar-refractivity contribution in [2.45, 2.75) is 25.7 Å². The van der Waals surface area contributed by atoms with Crippen molar-refractivity contribution in [3.63, 3.8) is 0 Å². The second kappa shape index (κ2) is 6.24. The summed E-state index contributed by atoms with van der Waals surface area (Å²) in [6.45, 7) is 1.29. The van der Waals surface area contributed by atoms with Gasteiger partial charge in [-0.3, -0.25) is 0 Å². The van der Waals surface area contributed by atoms with Crippen LogP contribution in [-0.4, -0.2) is 13.2 Å². The predicted molar refractivity (Wildman–Crippen MR) is 68.1 cm³/mol. The number of benzene rings is 1. The Hall–Kier alpha value is -0.770. The van der Waals surface area contributed by atoms with Crippen molar-refractivity contribution in [3.8, 4) is 5.75 Å². The second-order valence-corrected chi connectivity index (χ2v) is 4.96. The molecule has 1 aliphatic rings. The molecule has 1 fully saturated rings. The van der Waals surface area contributed by atoms with Crippen LogP contribution in [0.4, 0.5) is 0 Å². The van der Waals surface area contributed by atoms with Crippen molar-refractivity contribution in [2.75, 3.05) is 13.2 Å². The molecule has 2 N–H and O–H groups in total. The molecule has 1 aromatic carbocycles. The van der Waals surface area contributed by atoms with E-state index in [2.05, 4.69) is 4.84 Å². The molecule has 3 nitrogen and oxygen atoms in total. The fourth-order valence-electron chi connectivity index (χ4n) is 1.90. The van der Waals surface area contributed by atoms with Gasteiger partial charge in [-0.1, -0.05) is 18.0 Å². The highest BCUT2D eigenvalue weighted by molar-refractivity contribution is 6.30. The van der Waals surface area contributed by atoms with Crippen molar-refractivity contribution in [1.82, 2.24) is 0 Å². The summed E-state index contributed by atoms with van der Waals surface area (Å²) in [5.41, 5.74) is 1.09. The zero-order valence-electron chi connectivity index (χ0n) is 9.82. The number of nitrogens with two attached hydrogens (primary N) is 1. The molecule has 0 saturated heterocycles. The molecule has 0 spiro atoms. The zero-order chi connectivity index (χ0) is 12.1. The van der Waals surface area contributed by atoms with Gasteiger partial charge in [-0.15, -0.1) is 0 Å². The molecule has 4 heteroatoms. The highest BCUT2D eigenvalue weighted by Gasteiger charge is 2.17. The minimum atomic E-state index is 0.488. The fourth-order valence-corrected chi connectivity index (χ4v) is 2.15. The Morgan fingerprint density at radius 1 is 1.29 bits per heavy atom. The third-order valence-electron chi connectivity index (χ3n) is 3.15. The highest BCUT2D eigenvalue weighted by atomic mass is 35.5.